The molecule has 0 fully saturated rings. The van der Waals surface area contributed by atoms with Gasteiger partial charge in [0.05, 0.1) is 6.26 Å². The standard InChI is InChI=1S/C13H11NO5S/c1-8-4-5-10(20-8)13(17)19-7-11(15)14-12(16)9-3-2-6-18-9/h2-6H,7H2,1H3,(H,14,15,16). The molecule has 0 spiro atoms. The number of ether oxygens (including phenoxy) is 1. The molecular weight excluding hydrogens is 282 g/mol. The van der Waals surface area contributed by atoms with Crippen LogP contribution >= 0.6 is 11.3 Å². The van der Waals surface area contributed by atoms with Crippen LogP contribution in [0.1, 0.15) is 25.1 Å². The lowest BCUT2D eigenvalue weighted by atomic mass is 10.4. The number of thiophene rings is 1. The average molecular weight is 293 g/mol. The molecule has 0 saturated carbocycles. The first-order valence-corrected chi connectivity index (χ1v) is 6.49. The molecule has 1 N–H and O–H groups in total. The second-order valence-electron chi connectivity index (χ2n) is 3.84. The SMILES string of the molecule is Cc1ccc(C(=O)OCC(=O)NC(=O)c2ccco2)s1. The molecule has 0 atom stereocenters. The first kappa shape index (κ1) is 14.0. The monoisotopic (exact) mass is 293 g/mol. The zero-order valence-corrected chi connectivity index (χ0v) is 11.4. The molecule has 7 heteroatoms. The van der Waals surface area contributed by atoms with E-state index in [2.05, 4.69) is 0 Å². The number of hydrogen-bond donors (Lipinski definition) is 1. The Morgan fingerprint density at radius 2 is 2.10 bits per heavy atom. The molecule has 0 bridgehead atoms. The summed E-state index contributed by atoms with van der Waals surface area (Å²) >= 11 is 1.27. The Morgan fingerprint density at radius 1 is 1.30 bits per heavy atom. The van der Waals surface area contributed by atoms with Crippen molar-refractivity contribution in [3.05, 3.63) is 46.0 Å². The third kappa shape index (κ3) is 3.55. The molecule has 0 unspecified atom stereocenters. The minimum absolute atomic E-state index is 0.0126. The van der Waals surface area contributed by atoms with Gasteiger partial charge in [0.2, 0.25) is 0 Å². The van der Waals surface area contributed by atoms with E-state index >= 15 is 0 Å². The van der Waals surface area contributed by atoms with E-state index in [9.17, 15) is 14.4 Å². The highest BCUT2D eigenvalue weighted by molar-refractivity contribution is 7.13. The van der Waals surface area contributed by atoms with Crippen LogP contribution in [-0.2, 0) is 9.53 Å². The quantitative estimate of drug-likeness (QED) is 0.868. The number of rotatable bonds is 4. The predicted molar refractivity (Wildman–Crippen MR) is 70.5 cm³/mol. The number of carbonyl (C=O) groups excluding carboxylic acids is 3. The van der Waals surface area contributed by atoms with Gasteiger partial charge in [0.1, 0.15) is 4.88 Å². The Bertz CT molecular complexity index is 629. The van der Waals surface area contributed by atoms with Crippen molar-refractivity contribution in [1.82, 2.24) is 5.32 Å². The molecule has 0 aliphatic carbocycles. The van der Waals surface area contributed by atoms with Crippen molar-refractivity contribution in [2.75, 3.05) is 6.61 Å². The summed E-state index contributed by atoms with van der Waals surface area (Å²) in [6.45, 7) is 1.33. The van der Waals surface area contributed by atoms with Crippen molar-refractivity contribution in [3.63, 3.8) is 0 Å². The number of imide groups is 1. The first-order chi connectivity index (χ1) is 9.56. The van der Waals surface area contributed by atoms with E-state index in [0.717, 1.165) is 4.88 Å². The van der Waals surface area contributed by atoms with Gasteiger partial charge in [-0.2, -0.15) is 0 Å². The highest BCUT2D eigenvalue weighted by atomic mass is 32.1. The van der Waals surface area contributed by atoms with Crippen molar-refractivity contribution in [1.29, 1.82) is 0 Å². The maximum absolute atomic E-state index is 11.6. The van der Waals surface area contributed by atoms with Crippen LogP contribution in [0.3, 0.4) is 0 Å². The Kier molecular flexibility index (Phi) is 4.31. The fourth-order valence-corrected chi connectivity index (χ4v) is 2.14. The van der Waals surface area contributed by atoms with E-state index < -0.39 is 24.4 Å². The Labute approximate surface area is 118 Å². The van der Waals surface area contributed by atoms with E-state index in [1.807, 2.05) is 12.2 Å². The van der Waals surface area contributed by atoms with Crippen molar-refractivity contribution in [2.24, 2.45) is 0 Å². The number of esters is 1. The van der Waals surface area contributed by atoms with E-state index in [4.69, 9.17) is 9.15 Å². The highest BCUT2D eigenvalue weighted by Crippen LogP contribution is 2.15. The van der Waals surface area contributed by atoms with Gasteiger partial charge in [0, 0.05) is 4.88 Å². The van der Waals surface area contributed by atoms with Crippen LogP contribution in [0.5, 0.6) is 0 Å². The van der Waals surface area contributed by atoms with Crippen LogP contribution in [0, 0.1) is 6.92 Å². The molecule has 104 valence electrons. The number of hydrogen-bond acceptors (Lipinski definition) is 6. The molecular formula is C13H11NO5S. The van der Waals surface area contributed by atoms with E-state index in [1.165, 1.54) is 29.7 Å². The molecule has 20 heavy (non-hydrogen) atoms. The minimum atomic E-state index is -0.715. The largest absolute Gasteiger partial charge is 0.459 e. The molecule has 0 saturated heterocycles. The summed E-state index contributed by atoms with van der Waals surface area (Å²) in [6, 6.07) is 6.34. The van der Waals surface area contributed by atoms with Gasteiger partial charge in [-0.05, 0) is 31.2 Å². The summed E-state index contributed by atoms with van der Waals surface area (Å²) in [5.74, 6) is -1.97. The fraction of sp³-hybridized carbons (Fsp3) is 0.154. The molecule has 0 radical (unpaired) electrons. The topological polar surface area (TPSA) is 85.6 Å². The van der Waals surface area contributed by atoms with Gasteiger partial charge in [-0.25, -0.2) is 4.79 Å². The number of carbonyl (C=O) groups is 3. The molecule has 2 aromatic heterocycles. The normalized spacial score (nSPS) is 10.1. The van der Waals surface area contributed by atoms with Gasteiger partial charge in [-0.15, -0.1) is 11.3 Å². The first-order valence-electron chi connectivity index (χ1n) is 5.67. The number of amides is 2. The third-order valence-electron chi connectivity index (χ3n) is 2.27. The Hall–Kier alpha value is -2.41. The zero-order chi connectivity index (χ0) is 14.5. The summed E-state index contributed by atoms with van der Waals surface area (Å²) in [5.41, 5.74) is 0. The van der Waals surface area contributed by atoms with Gasteiger partial charge >= 0.3 is 5.97 Å². The number of furan rings is 1. The Balaban J connectivity index is 1.81. The van der Waals surface area contributed by atoms with Crippen LogP contribution < -0.4 is 5.32 Å². The highest BCUT2D eigenvalue weighted by Gasteiger charge is 2.15. The molecule has 0 aliphatic rings. The Morgan fingerprint density at radius 3 is 2.70 bits per heavy atom. The third-order valence-corrected chi connectivity index (χ3v) is 3.25. The van der Waals surface area contributed by atoms with Crippen LogP contribution in [0.25, 0.3) is 0 Å². The lowest BCUT2D eigenvalue weighted by molar-refractivity contribution is -0.123. The summed E-state index contributed by atoms with van der Waals surface area (Å²) in [7, 11) is 0. The zero-order valence-electron chi connectivity index (χ0n) is 10.5. The molecule has 0 aromatic carbocycles. The predicted octanol–water partition coefficient (Wildman–Crippen LogP) is 1.76. The number of aryl methyl sites for hydroxylation is 1. The molecule has 6 nitrogen and oxygen atoms in total. The lowest BCUT2D eigenvalue weighted by Gasteiger charge is -2.03. The summed E-state index contributed by atoms with van der Waals surface area (Å²) < 4.78 is 9.62. The van der Waals surface area contributed by atoms with Gasteiger partial charge < -0.3 is 9.15 Å². The summed E-state index contributed by atoms with van der Waals surface area (Å²) in [5, 5.41) is 2.05. The molecule has 2 rings (SSSR count). The fourth-order valence-electron chi connectivity index (χ4n) is 1.38. The molecule has 2 amide bonds. The molecule has 0 aliphatic heterocycles. The van der Waals surface area contributed by atoms with E-state index in [0.29, 0.717) is 4.88 Å². The van der Waals surface area contributed by atoms with Gasteiger partial charge in [0.25, 0.3) is 11.8 Å². The molecule has 2 heterocycles. The van der Waals surface area contributed by atoms with Crippen molar-refractivity contribution in [3.8, 4) is 0 Å². The smallest absolute Gasteiger partial charge is 0.348 e. The maximum Gasteiger partial charge on any atom is 0.348 e. The summed E-state index contributed by atoms with van der Waals surface area (Å²) in [4.78, 5) is 35.9. The number of nitrogens with one attached hydrogen (secondary N) is 1. The molecule has 2 aromatic rings. The van der Waals surface area contributed by atoms with Crippen molar-refractivity contribution < 1.29 is 23.5 Å². The van der Waals surface area contributed by atoms with Crippen LogP contribution in [0.4, 0.5) is 0 Å². The van der Waals surface area contributed by atoms with Crippen LogP contribution in [0.2, 0.25) is 0 Å². The van der Waals surface area contributed by atoms with Gasteiger partial charge in [-0.1, -0.05) is 0 Å². The van der Waals surface area contributed by atoms with Crippen LogP contribution in [0.15, 0.2) is 34.9 Å². The van der Waals surface area contributed by atoms with Crippen molar-refractivity contribution >= 4 is 29.1 Å². The summed E-state index contributed by atoms with van der Waals surface area (Å²) in [6.07, 6.45) is 1.32. The minimum Gasteiger partial charge on any atom is -0.459 e. The second kappa shape index (κ2) is 6.16. The van der Waals surface area contributed by atoms with E-state index in [1.54, 1.807) is 12.1 Å². The average Bonchev–Trinajstić information content (AvgIpc) is 3.06. The van der Waals surface area contributed by atoms with Gasteiger partial charge in [0.15, 0.2) is 12.4 Å². The second-order valence-corrected chi connectivity index (χ2v) is 5.13. The van der Waals surface area contributed by atoms with Crippen molar-refractivity contribution in [2.45, 2.75) is 6.92 Å². The maximum atomic E-state index is 11.6. The van der Waals surface area contributed by atoms with E-state index in [-0.39, 0.29) is 5.76 Å². The lowest BCUT2D eigenvalue weighted by Crippen LogP contribution is -2.33. The van der Waals surface area contributed by atoms with Gasteiger partial charge in [-0.3, -0.25) is 14.9 Å². The van der Waals surface area contributed by atoms with Crippen LogP contribution in [-0.4, -0.2) is 24.4 Å².